The molecule has 4 rings (SSSR count). The van der Waals surface area contributed by atoms with Gasteiger partial charge in [-0.2, -0.15) is 9.90 Å². The summed E-state index contributed by atoms with van der Waals surface area (Å²) in [5.41, 5.74) is 2.92. The van der Waals surface area contributed by atoms with Gasteiger partial charge in [0.2, 0.25) is 0 Å². The summed E-state index contributed by atoms with van der Waals surface area (Å²) in [6.45, 7) is 3.46. The summed E-state index contributed by atoms with van der Waals surface area (Å²) >= 11 is 6.02. The Labute approximate surface area is 176 Å². The molecule has 9 heteroatoms. The Balaban J connectivity index is 1.60. The number of benzene rings is 2. The zero-order chi connectivity index (χ0) is 21.3. The fraction of sp³-hybridized carbons (Fsp3) is 0.0952. The quantitative estimate of drug-likeness (QED) is 0.525. The fourth-order valence-electron chi connectivity index (χ4n) is 2.95. The zero-order valence-corrected chi connectivity index (χ0v) is 16.9. The molecule has 0 radical (unpaired) electrons. The van der Waals surface area contributed by atoms with E-state index in [9.17, 15) is 9.59 Å². The third-order valence-electron chi connectivity index (χ3n) is 4.30. The number of amides is 1. The third kappa shape index (κ3) is 4.13. The standard InChI is InChI=1S/C21H17ClN6O2/c1-12-9-18(29)25-20(23-12)14-5-3-7-16(10-14)24-21(30)19-13(2)26-28(27-19)17-8-4-6-15(22)11-17/h3-11H,1-2H3,(H,24,30)(H,23,25,29). The van der Waals surface area contributed by atoms with Crippen molar-refractivity contribution in [2.45, 2.75) is 13.8 Å². The molecule has 0 aliphatic carbocycles. The maximum atomic E-state index is 12.8. The van der Waals surface area contributed by atoms with Gasteiger partial charge in [-0.3, -0.25) is 9.59 Å². The monoisotopic (exact) mass is 420 g/mol. The highest BCUT2D eigenvalue weighted by Gasteiger charge is 2.17. The van der Waals surface area contributed by atoms with Crippen LogP contribution in [0.2, 0.25) is 5.02 Å². The number of hydrogen-bond acceptors (Lipinski definition) is 5. The van der Waals surface area contributed by atoms with Crippen molar-refractivity contribution in [3.8, 4) is 17.1 Å². The van der Waals surface area contributed by atoms with Crippen LogP contribution in [0.3, 0.4) is 0 Å². The first-order chi connectivity index (χ1) is 14.4. The number of aromatic nitrogens is 5. The number of rotatable bonds is 4. The zero-order valence-electron chi connectivity index (χ0n) is 16.2. The van der Waals surface area contributed by atoms with Crippen LogP contribution in [0, 0.1) is 13.8 Å². The van der Waals surface area contributed by atoms with E-state index in [-0.39, 0.29) is 11.3 Å². The number of carbonyl (C=O) groups excluding carboxylic acids is 1. The lowest BCUT2D eigenvalue weighted by atomic mass is 10.1. The topological polar surface area (TPSA) is 106 Å². The minimum atomic E-state index is -0.399. The number of anilines is 1. The molecule has 150 valence electrons. The summed E-state index contributed by atoms with van der Waals surface area (Å²) in [6.07, 6.45) is 0. The summed E-state index contributed by atoms with van der Waals surface area (Å²) in [5.74, 6) is 0.0304. The summed E-state index contributed by atoms with van der Waals surface area (Å²) in [4.78, 5) is 32.9. The average molecular weight is 421 g/mol. The van der Waals surface area contributed by atoms with Crippen LogP contribution in [-0.2, 0) is 0 Å². The summed E-state index contributed by atoms with van der Waals surface area (Å²) in [5, 5.41) is 12.0. The van der Waals surface area contributed by atoms with Gasteiger partial charge < -0.3 is 10.3 Å². The molecule has 0 saturated heterocycles. The average Bonchev–Trinajstić information content (AvgIpc) is 3.09. The number of hydrogen-bond donors (Lipinski definition) is 2. The first-order valence-corrected chi connectivity index (χ1v) is 9.46. The van der Waals surface area contributed by atoms with Crippen molar-refractivity contribution in [2.24, 2.45) is 0 Å². The van der Waals surface area contributed by atoms with E-state index in [1.54, 1.807) is 62.4 Å². The van der Waals surface area contributed by atoms with E-state index >= 15 is 0 Å². The molecule has 0 saturated carbocycles. The highest BCUT2D eigenvalue weighted by molar-refractivity contribution is 6.30. The SMILES string of the molecule is Cc1cc(=O)[nH]c(-c2cccc(NC(=O)c3nn(-c4cccc(Cl)c4)nc3C)c2)n1. The van der Waals surface area contributed by atoms with Crippen LogP contribution < -0.4 is 10.9 Å². The van der Waals surface area contributed by atoms with Crippen molar-refractivity contribution in [3.63, 3.8) is 0 Å². The van der Waals surface area contributed by atoms with Crippen molar-refractivity contribution in [1.29, 1.82) is 0 Å². The molecular weight excluding hydrogens is 404 g/mol. The lowest BCUT2D eigenvalue weighted by Gasteiger charge is -2.07. The first-order valence-electron chi connectivity index (χ1n) is 9.09. The third-order valence-corrected chi connectivity index (χ3v) is 4.54. The molecule has 0 spiro atoms. The molecular formula is C21H17ClN6O2. The molecule has 0 unspecified atom stereocenters. The van der Waals surface area contributed by atoms with E-state index < -0.39 is 5.91 Å². The number of nitrogens with one attached hydrogen (secondary N) is 2. The van der Waals surface area contributed by atoms with E-state index in [1.807, 2.05) is 0 Å². The van der Waals surface area contributed by atoms with Crippen LogP contribution >= 0.6 is 11.6 Å². The molecule has 0 fully saturated rings. The Morgan fingerprint density at radius 1 is 1.07 bits per heavy atom. The maximum absolute atomic E-state index is 12.8. The van der Waals surface area contributed by atoms with Gasteiger partial charge in [-0.25, -0.2) is 4.98 Å². The summed E-state index contributed by atoms with van der Waals surface area (Å²) < 4.78 is 0. The van der Waals surface area contributed by atoms with Crippen LogP contribution in [0.15, 0.2) is 59.4 Å². The second-order valence-electron chi connectivity index (χ2n) is 6.67. The Bertz CT molecular complexity index is 1310. The normalized spacial score (nSPS) is 10.8. The van der Waals surface area contributed by atoms with Crippen LogP contribution in [0.25, 0.3) is 17.1 Å². The molecule has 2 aromatic carbocycles. The van der Waals surface area contributed by atoms with E-state index in [0.29, 0.717) is 39.2 Å². The summed E-state index contributed by atoms with van der Waals surface area (Å²) in [6, 6.07) is 15.5. The lowest BCUT2D eigenvalue weighted by Crippen LogP contribution is -2.14. The highest BCUT2D eigenvalue weighted by Crippen LogP contribution is 2.20. The molecule has 2 aromatic heterocycles. The van der Waals surface area contributed by atoms with Gasteiger partial charge >= 0.3 is 0 Å². The van der Waals surface area contributed by atoms with E-state index in [4.69, 9.17) is 11.6 Å². The Morgan fingerprint density at radius 2 is 1.87 bits per heavy atom. The molecule has 1 amide bonds. The largest absolute Gasteiger partial charge is 0.321 e. The molecule has 2 N–H and O–H groups in total. The van der Waals surface area contributed by atoms with Crippen molar-refractivity contribution in [1.82, 2.24) is 25.0 Å². The van der Waals surface area contributed by atoms with E-state index in [0.717, 1.165) is 0 Å². The molecule has 0 atom stereocenters. The van der Waals surface area contributed by atoms with Crippen molar-refractivity contribution in [2.75, 3.05) is 5.32 Å². The highest BCUT2D eigenvalue weighted by atomic mass is 35.5. The van der Waals surface area contributed by atoms with Gasteiger partial charge in [0.15, 0.2) is 5.69 Å². The van der Waals surface area contributed by atoms with Gasteiger partial charge in [0.1, 0.15) is 5.82 Å². The second-order valence-corrected chi connectivity index (χ2v) is 7.11. The van der Waals surface area contributed by atoms with Gasteiger partial charge in [-0.05, 0) is 44.2 Å². The van der Waals surface area contributed by atoms with Gasteiger partial charge in [0.05, 0.1) is 11.4 Å². The Kier molecular flexibility index (Phi) is 5.16. The minimum absolute atomic E-state index is 0.197. The minimum Gasteiger partial charge on any atom is -0.321 e. The summed E-state index contributed by atoms with van der Waals surface area (Å²) in [7, 11) is 0. The predicted molar refractivity (Wildman–Crippen MR) is 114 cm³/mol. The van der Waals surface area contributed by atoms with Crippen molar-refractivity contribution >= 4 is 23.2 Å². The van der Waals surface area contributed by atoms with Crippen LogP contribution in [0.1, 0.15) is 21.9 Å². The van der Waals surface area contributed by atoms with Crippen LogP contribution in [-0.4, -0.2) is 30.9 Å². The second kappa shape index (κ2) is 7.92. The van der Waals surface area contributed by atoms with Gasteiger partial charge in [-0.15, -0.1) is 5.10 Å². The molecule has 8 nitrogen and oxygen atoms in total. The predicted octanol–water partition coefficient (Wildman–Crippen LogP) is 3.54. The molecule has 0 bridgehead atoms. The van der Waals surface area contributed by atoms with Crippen molar-refractivity contribution in [3.05, 3.63) is 87.1 Å². The van der Waals surface area contributed by atoms with Gasteiger partial charge in [0.25, 0.3) is 11.5 Å². The Hall–Kier alpha value is -3.78. The maximum Gasteiger partial charge on any atom is 0.278 e. The number of nitrogens with zero attached hydrogens (tertiary/aromatic N) is 4. The first kappa shape index (κ1) is 19.5. The van der Waals surface area contributed by atoms with E-state index in [1.165, 1.54) is 10.9 Å². The number of halogens is 1. The van der Waals surface area contributed by atoms with Gasteiger partial charge in [0, 0.05) is 28.0 Å². The number of aromatic amines is 1. The van der Waals surface area contributed by atoms with Crippen LogP contribution in [0.5, 0.6) is 0 Å². The van der Waals surface area contributed by atoms with Gasteiger partial charge in [-0.1, -0.05) is 29.8 Å². The molecule has 2 heterocycles. The molecule has 0 aliphatic heterocycles. The number of carbonyl (C=O) groups is 1. The van der Waals surface area contributed by atoms with Crippen LogP contribution in [0.4, 0.5) is 5.69 Å². The molecule has 4 aromatic rings. The molecule has 30 heavy (non-hydrogen) atoms. The number of aryl methyl sites for hydroxylation is 2. The van der Waals surface area contributed by atoms with E-state index in [2.05, 4.69) is 25.5 Å². The number of H-pyrrole nitrogens is 1. The smallest absolute Gasteiger partial charge is 0.278 e. The van der Waals surface area contributed by atoms with Crippen molar-refractivity contribution < 1.29 is 4.79 Å². The molecule has 0 aliphatic rings. The lowest BCUT2D eigenvalue weighted by molar-refractivity contribution is 0.102. The fourth-order valence-corrected chi connectivity index (χ4v) is 3.14. The Morgan fingerprint density at radius 3 is 2.63 bits per heavy atom.